The summed E-state index contributed by atoms with van der Waals surface area (Å²) in [5, 5.41) is 9.31. The van der Waals surface area contributed by atoms with E-state index < -0.39 is 17.4 Å². The topological polar surface area (TPSA) is 66.8 Å². The molecule has 3 rings (SSSR count). The van der Waals surface area contributed by atoms with E-state index in [1.165, 1.54) is 29.2 Å². The molecule has 1 aliphatic rings. The molecule has 2 aromatic carbocycles. The lowest BCUT2D eigenvalue weighted by Crippen LogP contribution is -2.52. The highest BCUT2D eigenvalue weighted by Crippen LogP contribution is 2.39. The highest BCUT2D eigenvalue weighted by molar-refractivity contribution is 6.02. The predicted octanol–water partition coefficient (Wildman–Crippen LogP) is 3.23. The number of halogens is 1. The SMILES string of the molecule is CC1(C)Oc2ccc(F)cc2N(Cc2ccccc2C(=O)O)C1=O. The molecule has 0 radical (unpaired) electrons. The van der Waals surface area contributed by atoms with Crippen LogP contribution in [0.1, 0.15) is 29.8 Å². The Morgan fingerprint density at radius 3 is 2.67 bits per heavy atom. The van der Waals surface area contributed by atoms with Gasteiger partial charge >= 0.3 is 5.97 Å². The third-order valence-corrected chi connectivity index (χ3v) is 3.91. The van der Waals surface area contributed by atoms with E-state index in [-0.39, 0.29) is 18.0 Å². The summed E-state index contributed by atoms with van der Waals surface area (Å²) < 4.78 is 19.3. The van der Waals surface area contributed by atoms with Crippen LogP contribution in [0.4, 0.5) is 10.1 Å². The molecule has 6 heteroatoms. The molecule has 124 valence electrons. The molecular weight excluding hydrogens is 313 g/mol. The second-order valence-corrected chi connectivity index (χ2v) is 6.08. The van der Waals surface area contributed by atoms with Crippen molar-refractivity contribution in [3.63, 3.8) is 0 Å². The Kier molecular flexibility index (Phi) is 3.75. The summed E-state index contributed by atoms with van der Waals surface area (Å²) >= 11 is 0. The van der Waals surface area contributed by atoms with Gasteiger partial charge in [-0.05, 0) is 37.6 Å². The number of carbonyl (C=O) groups is 2. The summed E-state index contributed by atoms with van der Waals surface area (Å²) in [7, 11) is 0. The molecule has 1 N–H and O–H groups in total. The third-order valence-electron chi connectivity index (χ3n) is 3.91. The zero-order valence-electron chi connectivity index (χ0n) is 13.2. The second kappa shape index (κ2) is 5.63. The third kappa shape index (κ3) is 2.71. The average molecular weight is 329 g/mol. The molecule has 1 heterocycles. The fourth-order valence-corrected chi connectivity index (χ4v) is 2.73. The highest BCUT2D eigenvalue weighted by Gasteiger charge is 2.41. The van der Waals surface area contributed by atoms with Crippen LogP contribution in [0.15, 0.2) is 42.5 Å². The number of fused-ring (bicyclic) bond motifs is 1. The van der Waals surface area contributed by atoms with Crippen molar-refractivity contribution in [1.29, 1.82) is 0 Å². The van der Waals surface area contributed by atoms with Gasteiger partial charge in [0.15, 0.2) is 5.60 Å². The van der Waals surface area contributed by atoms with Crippen LogP contribution in [0.3, 0.4) is 0 Å². The fourth-order valence-electron chi connectivity index (χ4n) is 2.73. The number of carbonyl (C=O) groups excluding carboxylic acids is 1. The van der Waals surface area contributed by atoms with Crippen molar-refractivity contribution in [1.82, 2.24) is 0 Å². The molecule has 0 bridgehead atoms. The molecule has 0 unspecified atom stereocenters. The average Bonchev–Trinajstić information content (AvgIpc) is 2.53. The number of carboxylic acids is 1. The molecule has 1 amide bonds. The number of ether oxygens (including phenoxy) is 1. The van der Waals surface area contributed by atoms with Gasteiger partial charge < -0.3 is 14.7 Å². The minimum Gasteiger partial charge on any atom is -0.478 e. The molecule has 0 saturated carbocycles. The van der Waals surface area contributed by atoms with Crippen molar-refractivity contribution in [3.8, 4) is 5.75 Å². The number of nitrogens with zero attached hydrogens (tertiary/aromatic N) is 1. The molecular formula is C18H16FNO4. The normalized spacial score (nSPS) is 15.6. The minimum atomic E-state index is -1.12. The lowest BCUT2D eigenvalue weighted by molar-refractivity contribution is -0.132. The zero-order valence-corrected chi connectivity index (χ0v) is 13.2. The Balaban J connectivity index is 2.08. The molecule has 5 nitrogen and oxygen atoms in total. The first kappa shape index (κ1) is 16.0. The van der Waals surface area contributed by atoms with E-state index in [0.29, 0.717) is 17.0 Å². The molecule has 24 heavy (non-hydrogen) atoms. The van der Waals surface area contributed by atoms with Crippen LogP contribution in [0.25, 0.3) is 0 Å². The van der Waals surface area contributed by atoms with E-state index in [1.807, 2.05) is 0 Å². The largest absolute Gasteiger partial charge is 0.478 e. The summed E-state index contributed by atoms with van der Waals surface area (Å²) in [5.74, 6) is -1.55. The maximum absolute atomic E-state index is 13.6. The van der Waals surface area contributed by atoms with Gasteiger partial charge in [-0.25, -0.2) is 9.18 Å². The first-order valence-electron chi connectivity index (χ1n) is 7.41. The van der Waals surface area contributed by atoms with E-state index in [0.717, 1.165) is 0 Å². The standard InChI is InChI=1S/C18H16FNO4/c1-18(2)17(23)20(14-9-12(19)7-8-15(14)24-18)10-11-5-3-4-6-13(11)16(21)22/h3-9H,10H2,1-2H3,(H,21,22). The summed E-state index contributed by atoms with van der Waals surface area (Å²) in [4.78, 5) is 25.5. The maximum atomic E-state index is 13.6. The molecule has 0 fully saturated rings. The number of amides is 1. The Bertz CT molecular complexity index is 832. The molecule has 0 spiro atoms. The van der Waals surface area contributed by atoms with Crippen LogP contribution in [0.5, 0.6) is 5.75 Å². The van der Waals surface area contributed by atoms with Gasteiger partial charge in [0.25, 0.3) is 5.91 Å². The number of carboxylic acid groups (broad SMARTS) is 1. The molecule has 1 aliphatic heterocycles. The number of hydrogen-bond acceptors (Lipinski definition) is 3. The Labute approximate surface area is 138 Å². The van der Waals surface area contributed by atoms with Crippen LogP contribution in [-0.4, -0.2) is 22.6 Å². The van der Waals surface area contributed by atoms with E-state index in [2.05, 4.69) is 0 Å². The van der Waals surface area contributed by atoms with E-state index in [1.54, 1.807) is 32.0 Å². The van der Waals surface area contributed by atoms with Crippen molar-refractivity contribution in [2.45, 2.75) is 26.0 Å². The molecule has 0 atom stereocenters. The Hall–Kier alpha value is -2.89. The van der Waals surface area contributed by atoms with Crippen LogP contribution >= 0.6 is 0 Å². The number of hydrogen-bond donors (Lipinski definition) is 1. The first-order valence-corrected chi connectivity index (χ1v) is 7.41. The van der Waals surface area contributed by atoms with Crippen molar-refractivity contribution in [2.24, 2.45) is 0 Å². The van der Waals surface area contributed by atoms with Crippen molar-refractivity contribution in [3.05, 3.63) is 59.4 Å². The van der Waals surface area contributed by atoms with Crippen molar-refractivity contribution >= 4 is 17.6 Å². The maximum Gasteiger partial charge on any atom is 0.336 e. The van der Waals surface area contributed by atoms with Gasteiger partial charge in [0.2, 0.25) is 0 Å². The summed E-state index contributed by atoms with van der Waals surface area (Å²) in [5.41, 5.74) is -0.262. The van der Waals surface area contributed by atoms with Crippen molar-refractivity contribution in [2.75, 3.05) is 4.90 Å². The summed E-state index contributed by atoms with van der Waals surface area (Å²) in [6, 6.07) is 10.4. The molecule has 0 aliphatic carbocycles. The van der Waals surface area contributed by atoms with Crippen LogP contribution in [0, 0.1) is 5.82 Å². The van der Waals surface area contributed by atoms with Gasteiger partial charge in [-0.2, -0.15) is 0 Å². The summed E-state index contributed by atoms with van der Waals surface area (Å²) in [6.07, 6.45) is 0. The first-order chi connectivity index (χ1) is 11.3. The van der Waals surface area contributed by atoms with Gasteiger partial charge in [-0.3, -0.25) is 4.79 Å². The monoisotopic (exact) mass is 329 g/mol. The molecule has 2 aromatic rings. The Morgan fingerprint density at radius 1 is 1.25 bits per heavy atom. The summed E-state index contributed by atoms with van der Waals surface area (Å²) in [6.45, 7) is 3.26. The number of benzene rings is 2. The Morgan fingerprint density at radius 2 is 1.96 bits per heavy atom. The van der Waals surface area contributed by atoms with Crippen LogP contribution in [-0.2, 0) is 11.3 Å². The van der Waals surface area contributed by atoms with Gasteiger partial charge in [-0.15, -0.1) is 0 Å². The van der Waals surface area contributed by atoms with Crippen molar-refractivity contribution < 1.29 is 23.8 Å². The fraction of sp³-hybridized carbons (Fsp3) is 0.222. The predicted molar refractivity (Wildman–Crippen MR) is 85.7 cm³/mol. The van der Waals surface area contributed by atoms with Crippen LogP contribution in [0.2, 0.25) is 0 Å². The number of anilines is 1. The van der Waals surface area contributed by atoms with Gasteiger partial charge in [0.05, 0.1) is 17.8 Å². The second-order valence-electron chi connectivity index (χ2n) is 6.08. The van der Waals surface area contributed by atoms with Gasteiger partial charge in [-0.1, -0.05) is 18.2 Å². The lowest BCUT2D eigenvalue weighted by atomic mass is 10.0. The highest BCUT2D eigenvalue weighted by atomic mass is 19.1. The zero-order chi connectivity index (χ0) is 17.5. The van der Waals surface area contributed by atoms with Crippen LogP contribution < -0.4 is 9.64 Å². The lowest BCUT2D eigenvalue weighted by Gasteiger charge is -2.39. The smallest absolute Gasteiger partial charge is 0.336 e. The van der Waals surface area contributed by atoms with Gasteiger partial charge in [0, 0.05) is 6.07 Å². The quantitative estimate of drug-likeness (QED) is 0.939. The number of rotatable bonds is 3. The van der Waals surface area contributed by atoms with E-state index >= 15 is 0 Å². The molecule has 0 saturated heterocycles. The van der Waals surface area contributed by atoms with E-state index in [4.69, 9.17) is 4.74 Å². The van der Waals surface area contributed by atoms with E-state index in [9.17, 15) is 19.1 Å². The number of aromatic carboxylic acids is 1. The van der Waals surface area contributed by atoms with Gasteiger partial charge in [0.1, 0.15) is 11.6 Å². The minimum absolute atomic E-state index is 0.0184. The molecule has 0 aromatic heterocycles.